The van der Waals surface area contributed by atoms with Crippen LogP contribution in [0, 0.1) is 0 Å². The number of halogens is 2. The summed E-state index contributed by atoms with van der Waals surface area (Å²) in [5, 5.41) is -4.54. The average Bonchev–Trinajstić information content (AvgIpc) is 2.82. The lowest BCUT2D eigenvalue weighted by molar-refractivity contribution is -0.149. The zero-order chi connectivity index (χ0) is 24.6. The molecule has 180 valence electrons. The number of hydrogen-bond donors (Lipinski definition) is 1. The first-order valence-corrected chi connectivity index (χ1v) is 12.9. The molecule has 0 fully saturated rings. The van der Waals surface area contributed by atoms with E-state index >= 15 is 0 Å². The Labute approximate surface area is 199 Å². The number of hydrogen-bond acceptors (Lipinski definition) is 5. The summed E-state index contributed by atoms with van der Waals surface area (Å²) in [7, 11) is -5.93. The first-order chi connectivity index (χ1) is 16.2. The molecular weight excluding hydrogens is 486 g/mol. The number of esters is 1. The Kier molecular flexibility index (Phi) is 8.65. The van der Waals surface area contributed by atoms with Crippen LogP contribution in [0.15, 0.2) is 99.6 Å². The number of benzene rings is 3. The zero-order valence-corrected chi connectivity index (χ0v) is 19.6. The fourth-order valence-corrected chi connectivity index (χ4v) is 5.20. The van der Waals surface area contributed by atoms with Crippen LogP contribution in [-0.2, 0) is 30.5 Å². The molecule has 0 spiro atoms. The molecule has 0 bridgehead atoms. The van der Waals surface area contributed by atoms with E-state index in [1.165, 1.54) is 9.79 Å². The lowest BCUT2D eigenvalue weighted by atomic mass is 10.3. The van der Waals surface area contributed by atoms with Gasteiger partial charge in [-0.3, -0.25) is 9.35 Å². The standard InChI is InChI=1S/C24H22F2O6S2/c25-24(26,34(28,29)30)18-32-23(27)12-7-17-31-19-13-15-22(16-14-19)33(20-8-3-1-4-9-20)21-10-5-2-6-11-21/h1-6,8-11,13-16H,7,12,17-18H2/p+1. The summed E-state index contributed by atoms with van der Waals surface area (Å²) in [5.41, 5.74) is 0. The number of rotatable bonds is 11. The third-order valence-corrected chi connectivity index (χ3v) is 7.69. The molecule has 0 aliphatic carbocycles. The molecular formula is C24H23F2O6S2+. The predicted octanol–water partition coefficient (Wildman–Crippen LogP) is 4.96. The SMILES string of the molecule is O=C(CCCOc1ccc([S+](c2ccccc2)c2ccccc2)cc1)OCC(F)(F)S(=O)(=O)O. The Morgan fingerprint density at radius 3 is 1.85 bits per heavy atom. The van der Waals surface area contributed by atoms with Crippen LogP contribution in [0.3, 0.4) is 0 Å². The Bertz CT molecular complexity index is 1130. The summed E-state index contributed by atoms with van der Waals surface area (Å²) < 4.78 is 65.4. The summed E-state index contributed by atoms with van der Waals surface area (Å²) in [4.78, 5) is 15.0. The first-order valence-electron chi connectivity index (χ1n) is 10.2. The normalized spacial score (nSPS) is 11.9. The molecule has 0 aromatic heterocycles. The van der Waals surface area contributed by atoms with Gasteiger partial charge in [0.05, 0.1) is 17.5 Å². The van der Waals surface area contributed by atoms with E-state index in [0.717, 1.165) is 4.90 Å². The molecule has 0 saturated carbocycles. The van der Waals surface area contributed by atoms with E-state index in [1.54, 1.807) is 0 Å². The van der Waals surface area contributed by atoms with Gasteiger partial charge in [0.15, 0.2) is 21.3 Å². The van der Waals surface area contributed by atoms with Crippen LogP contribution in [0.1, 0.15) is 12.8 Å². The van der Waals surface area contributed by atoms with E-state index < -0.39 is 27.9 Å². The summed E-state index contributed by atoms with van der Waals surface area (Å²) >= 11 is 0. The molecule has 1 N–H and O–H groups in total. The minimum absolute atomic E-state index is 0.131. The quantitative estimate of drug-likeness (QED) is 0.170. The highest BCUT2D eigenvalue weighted by molar-refractivity contribution is 7.97. The predicted molar refractivity (Wildman–Crippen MR) is 124 cm³/mol. The van der Waals surface area contributed by atoms with Crippen molar-refractivity contribution in [3.8, 4) is 5.75 Å². The van der Waals surface area contributed by atoms with Gasteiger partial charge in [-0.1, -0.05) is 36.4 Å². The van der Waals surface area contributed by atoms with Crippen molar-refractivity contribution in [2.75, 3.05) is 13.2 Å². The van der Waals surface area contributed by atoms with E-state index in [2.05, 4.69) is 29.0 Å². The van der Waals surface area contributed by atoms with Crippen LogP contribution < -0.4 is 4.74 Å². The van der Waals surface area contributed by atoms with Gasteiger partial charge in [-0.05, 0) is 55.0 Å². The van der Waals surface area contributed by atoms with Crippen molar-refractivity contribution in [1.82, 2.24) is 0 Å². The molecule has 3 aromatic carbocycles. The van der Waals surface area contributed by atoms with Gasteiger partial charge in [0.2, 0.25) is 0 Å². The smallest absolute Gasteiger partial charge is 0.402 e. The molecule has 0 unspecified atom stereocenters. The molecule has 0 radical (unpaired) electrons. The molecule has 0 saturated heterocycles. The number of alkyl halides is 2. The first kappa shape index (κ1) is 25.7. The van der Waals surface area contributed by atoms with Crippen molar-refractivity contribution in [3.63, 3.8) is 0 Å². The highest BCUT2D eigenvalue weighted by atomic mass is 32.2. The van der Waals surface area contributed by atoms with Crippen LogP contribution in [0.4, 0.5) is 8.78 Å². The molecule has 10 heteroatoms. The summed E-state index contributed by atoms with van der Waals surface area (Å²) in [6.45, 7) is -1.61. The number of carbonyl (C=O) groups excluding carboxylic acids is 1. The van der Waals surface area contributed by atoms with Crippen molar-refractivity contribution >= 4 is 27.0 Å². The van der Waals surface area contributed by atoms with Crippen molar-refractivity contribution in [1.29, 1.82) is 0 Å². The second-order valence-corrected chi connectivity index (χ2v) is 10.7. The average molecular weight is 510 g/mol. The van der Waals surface area contributed by atoms with Gasteiger partial charge in [0, 0.05) is 6.42 Å². The van der Waals surface area contributed by atoms with Crippen LogP contribution in [0.2, 0.25) is 0 Å². The Morgan fingerprint density at radius 1 is 0.853 bits per heavy atom. The third-order valence-electron chi connectivity index (χ3n) is 4.59. The van der Waals surface area contributed by atoms with Gasteiger partial charge in [-0.15, -0.1) is 0 Å². The van der Waals surface area contributed by atoms with E-state index in [1.807, 2.05) is 60.7 Å². The summed E-state index contributed by atoms with van der Waals surface area (Å²) in [6, 6.07) is 27.9. The topological polar surface area (TPSA) is 89.9 Å². The van der Waals surface area contributed by atoms with Gasteiger partial charge < -0.3 is 9.47 Å². The van der Waals surface area contributed by atoms with Gasteiger partial charge in [0.1, 0.15) is 5.75 Å². The van der Waals surface area contributed by atoms with Crippen molar-refractivity contribution in [2.45, 2.75) is 32.8 Å². The second-order valence-electron chi connectivity index (χ2n) is 7.13. The molecule has 3 aromatic rings. The lowest BCUT2D eigenvalue weighted by Gasteiger charge is -2.13. The molecule has 0 heterocycles. The lowest BCUT2D eigenvalue weighted by Crippen LogP contribution is -2.34. The van der Waals surface area contributed by atoms with Gasteiger partial charge in [0.25, 0.3) is 0 Å². The van der Waals surface area contributed by atoms with Gasteiger partial charge >= 0.3 is 21.3 Å². The maximum absolute atomic E-state index is 13.1. The molecule has 34 heavy (non-hydrogen) atoms. The minimum atomic E-state index is -5.64. The fraction of sp³-hybridized carbons (Fsp3) is 0.208. The highest BCUT2D eigenvalue weighted by Gasteiger charge is 2.45. The maximum Gasteiger partial charge on any atom is 0.402 e. The van der Waals surface area contributed by atoms with Crippen LogP contribution in [0.25, 0.3) is 0 Å². The Balaban J connectivity index is 1.54. The van der Waals surface area contributed by atoms with E-state index in [4.69, 9.17) is 9.29 Å². The molecule has 0 atom stereocenters. The summed E-state index contributed by atoms with van der Waals surface area (Å²) in [5.74, 6) is -0.434. The highest BCUT2D eigenvalue weighted by Crippen LogP contribution is 2.32. The molecule has 0 aliphatic rings. The number of carbonyl (C=O) groups is 1. The molecule has 3 rings (SSSR count). The minimum Gasteiger partial charge on any atom is -0.494 e. The largest absolute Gasteiger partial charge is 0.494 e. The Morgan fingerprint density at radius 2 is 1.35 bits per heavy atom. The molecule has 6 nitrogen and oxygen atoms in total. The Hall–Kier alpha value is -2.95. The fourth-order valence-electron chi connectivity index (χ4n) is 2.91. The van der Waals surface area contributed by atoms with Crippen molar-refractivity contribution < 1.29 is 36.0 Å². The van der Waals surface area contributed by atoms with E-state index in [-0.39, 0.29) is 30.3 Å². The van der Waals surface area contributed by atoms with E-state index in [9.17, 15) is 22.0 Å². The van der Waals surface area contributed by atoms with Gasteiger partial charge in [-0.25, -0.2) is 0 Å². The van der Waals surface area contributed by atoms with Crippen molar-refractivity contribution in [3.05, 3.63) is 84.9 Å². The zero-order valence-electron chi connectivity index (χ0n) is 18.0. The van der Waals surface area contributed by atoms with Crippen LogP contribution >= 0.6 is 0 Å². The van der Waals surface area contributed by atoms with Crippen molar-refractivity contribution in [2.24, 2.45) is 0 Å². The molecule has 0 aliphatic heterocycles. The van der Waals surface area contributed by atoms with Crippen LogP contribution in [-0.4, -0.2) is 37.4 Å². The monoisotopic (exact) mass is 509 g/mol. The third kappa shape index (κ3) is 7.02. The van der Waals surface area contributed by atoms with E-state index in [0.29, 0.717) is 5.75 Å². The summed E-state index contributed by atoms with van der Waals surface area (Å²) in [6.07, 6.45) is -0.0679. The second kappa shape index (κ2) is 11.5. The maximum atomic E-state index is 13.1. The van der Waals surface area contributed by atoms with Gasteiger partial charge in [-0.2, -0.15) is 17.2 Å². The molecule has 0 amide bonds. The van der Waals surface area contributed by atoms with Crippen LogP contribution in [0.5, 0.6) is 5.75 Å². The number of ether oxygens (including phenoxy) is 2.